The van der Waals surface area contributed by atoms with Crippen LogP contribution in [0.1, 0.15) is 22.3 Å². The molecule has 0 bridgehead atoms. The first-order chi connectivity index (χ1) is 12.6. The number of nitriles is 1. The molecule has 2 aromatic rings. The molecule has 0 saturated carbocycles. The maximum atomic E-state index is 8.99. The molecule has 0 saturated heterocycles. The number of benzene rings is 2. The highest BCUT2D eigenvalue weighted by Crippen LogP contribution is 2.21. The number of aliphatic hydroxyl groups is 2. The van der Waals surface area contributed by atoms with E-state index in [1.807, 2.05) is 44.2 Å². The molecule has 26 heavy (non-hydrogen) atoms. The number of aliphatic hydroxyl groups excluding tert-OH is 2. The fraction of sp³-hybridized carbons (Fsp3) is 0.350. The molecule has 0 aliphatic carbocycles. The molecule has 0 aliphatic heterocycles. The van der Waals surface area contributed by atoms with Crippen LogP contribution in [0.4, 0.5) is 0 Å². The van der Waals surface area contributed by atoms with E-state index in [4.69, 9.17) is 30.7 Å². The molecule has 0 amide bonds. The van der Waals surface area contributed by atoms with Gasteiger partial charge in [0.2, 0.25) is 0 Å². The van der Waals surface area contributed by atoms with Crippen LogP contribution in [-0.4, -0.2) is 30.0 Å². The standard InChI is InChI=1S/C10H15NO2.C10H11NO2/c2*1-8-9(7-12)3-2-4-10(8)13-6-5-11/h2-4,12H,5-7,11H2,1H3;2-4,12H,6-7H2,1H3. The van der Waals surface area contributed by atoms with E-state index in [0.717, 1.165) is 28.0 Å². The first-order valence-electron chi connectivity index (χ1n) is 8.30. The smallest absolute Gasteiger partial charge is 0.174 e. The van der Waals surface area contributed by atoms with Crippen molar-refractivity contribution >= 4 is 0 Å². The van der Waals surface area contributed by atoms with Gasteiger partial charge in [0.1, 0.15) is 24.2 Å². The zero-order chi connectivity index (χ0) is 19.4. The third kappa shape index (κ3) is 6.37. The van der Waals surface area contributed by atoms with Gasteiger partial charge in [-0.2, -0.15) is 5.26 Å². The molecule has 6 heteroatoms. The van der Waals surface area contributed by atoms with Crippen LogP contribution in [0, 0.1) is 25.2 Å². The highest BCUT2D eigenvalue weighted by Gasteiger charge is 2.03. The van der Waals surface area contributed by atoms with Crippen LogP contribution in [-0.2, 0) is 13.2 Å². The normalized spacial score (nSPS) is 9.69. The van der Waals surface area contributed by atoms with E-state index in [1.165, 1.54) is 0 Å². The molecule has 0 aromatic heterocycles. The fourth-order valence-electron chi connectivity index (χ4n) is 2.25. The van der Waals surface area contributed by atoms with Gasteiger partial charge >= 0.3 is 0 Å². The number of hydrogen-bond donors (Lipinski definition) is 3. The van der Waals surface area contributed by atoms with Gasteiger partial charge in [-0.15, -0.1) is 0 Å². The van der Waals surface area contributed by atoms with Gasteiger partial charge in [-0.05, 0) is 48.2 Å². The second kappa shape index (κ2) is 11.9. The van der Waals surface area contributed by atoms with Crippen molar-refractivity contribution in [3.63, 3.8) is 0 Å². The van der Waals surface area contributed by atoms with Crippen LogP contribution >= 0.6 is 0 Å². The molecule has 0 fully saturated rings. The number of nitrogens with zero attached hydrogens (tertiary/aromatic N) is 1. The van der Waals surface area contributed by atoms with Crippen LogP contribution in [0.3, 0.4) is 0 Å². The Balaban J connectivity index is 0.000000260. The predicted octanol–water partition coefficient (Wildman–Crippen LogP) is 2.21. The average molecular weight is 358 g/mol. The summed E-state index contributed by atoms with van der Waals surface area (Å²) in [6.07, 6.45) is 0. The van der Waals surface area contributed by atoms with E-state index >= 15 is 0 Å². The summed E-state index contributed by atoms with van der Waals surface area (Å²) in [5.41, 5.74) is 8.92. The number of nitrogens with two attached hydrogens (primary N) is 1. The summed E-state index contributed by atoms with van der Waals surface area (Å²) in [6.45, 7) is 4.88. The Morgan fingerprint density at radius 2 is 1.42 bits per heavy atom. The molecule has 6 nitrogen and oxygen atoms in total. The first kappa shape index (κ1) is 21.5. The van der Waals surface area contributed by atoms with Crippen molar-refractivity contribution in [1.82, 2.24) is 0 Å². The zero-order valence-corrected chi connectivity index (χ0v) is 15.2. The molecule has 0 atom stereocenters. The maximum Gasteiger partial charge on any atom is 0.174 e. The van der Waals surface area contributed by atoms with Gasteiger partial charge in [0.05, 0.1) is 13.2 Å². The Labute approximate surface area is 154 Å². The van der Waals surface area contributed by atoms with Crippen molar-refractivity contribution in [3.8, 4) is 17.6 Å². The molecule has 0 heterocycles. The summed E-state index contributed by atoms with van der Waals surface area (Å²) in [4.78, 5) is 0. The van der Waals surface area contributed by atoms with E-state index in [0.29, 0.717) is 18.9 Å². The van der Waals surface area contributed by atoms with Gasteiger partial charge in [0, 0.05) is 6.54 Å². The lowest BCUT2D eigenvalue weighted by atomic mass is 10.1. The predicted molar refractivity (Wildman–Crippen MR) is 99.9 cm³/mol. The molecule has 0 radical (unpaired) electrons. The Hall–Kier alpha value is -2.59. The van der Waals surface area contributed by atoms with Crippen molar-refractivity contribution in [3.05, 3.63) is 58.7 Å². The number of ether oxygens (including phenoxy) is 2. The summed E-state index contributed by atoms with van der Waals surface area (Å²) in [5, 5.41) is 26.3. The monoisotopic (exact) mass is 358 g/mol. The minimum absolute atomic E-state index is 0.00438. The van der Waals surface area contributed by atoms with Crippen molar-refractivity contribution in [2.75, 3.05) is 19.8 Å². The maximum absolute atomic E-state index is 8.99. The third-order valence-corrected chi connectivity index (χ3v) is 3.80. The minimum Gasteiger partial charge on any atom is -0.492 e. The average Bonchev–Trinajstić information content (AvgIpc) is 2.67. The van der Waals surface area contributed by atoms with E-state index in [1.54, 1.807) is 12.1 Å². The molecule has 0 unspecified atom stereocenters. The lowest BCUT2D eigenvalue weighted by Gasteiger charge is -2.10. The molecule has 4 N–H and O–H groups in total. The Morgan fingerprint density at radius 1 is 0.923 bits per heavy atom. The first-order valence-corrected chi connectivity index (χ1v) is 8.30. The summed E-state index contributed by atoms with van der Waals surface area (Å²) in [5.74, 6) is 1.46. The van der Waals surface area contributed by atoms with Crippen molar-refractivity contribution in [1.29, 1.82) is 5.26 Å². The van der Waals surface area contributed by atoms with Crippen molar-refractivity contribution in [2.45, 2.75) is 27.1 Å². The van der Waals surface area contributed by atoms with E-state index in [2.05, 4.69) is 0 Å². The van der Waals surface area contributed by atoms with Crippen molar-refractivity contribution < 1.29 is 19.7 Å². The zero-order valence-electron chi connectivity index (χ0n) is 15.2. The molecule has 0 spiro atoms. The summed E-state index contributed by atoms with van der Waals surface area (Å²) in [6, 6.07) is 12.9. The Bertz CT molecular complexity index is 726. The lowest BCUT2D eigenvalue weighted by Crippen LogP contribution is -2.11. The lowest BCUT2D eigenvalue weighted by molar-refractivity contribution is 0.278. The van der Waals surface area contributed by atoms with Gasteiger partial charge in [0.25, 0.3) is 0 Å². The molecule has 2 rings (SSSR count). The van der Waals surface area contributed by atoms with Crippen LogP contribution in [0.25, 0.3) is 0 Å². The largest absolute Gasteiger partial charge is 0.492 e. The summed E-state index contributed by atoms with van der Waals surface area (Å²) < 4.78 is 10.5. The van der Waals surface area contributed by atoms with E-state index in [-0.39, 0.29) is 19.8 Å². The number of hydrogen-bond acceptors (Lipinski definition) is 6. The SMILES string of the molecule is Cc1c(CO)cccc1OCC#N.Cc1c(CO)cccc1OCCN. The summed E-state index contributed by atoms with van der Waals surface area (Å²) in [7, 11) is 0. The topological polar surface area (TPSA) is 109 Å². The van der Waals surface area contributed by atoms with Gasteiger partial charge in [0.15, 0.2) is 6.61 Å². The quantitative estimate of drug-likeness (QED) is 0.700. The third-order valence-electron chi connectivity index (χ3n) is 3.80. The van der Waals surface area contributed by atoms with Gasteiger partial charge < -0.3 is 25.4 Å². The fourth-order valence-corrected chi connectivity index (χ4v) is 2.25. The van der Waals surface area contributed by atoms with Gasteiger partial charge in [-0.3, -0.25) is 0 Å². The van der Waals surface area contributed by atoms with Crippen LogP contribution in [0.15, 0.2) is 36.4 Å². The second-order valence-corrected chi connectivity index (χ2v) is 5.48. The van der Waals surface area contributed by atoms with E-state index in [9.17, 15) is 0 Å². The molecule has 2 aromatic carbocycles. The minimum atomic E-state index is -0.00438. The molecular formula is C20H26N2O4. The number of rotatable bonds is 7. The van der Waals surface area contributed by atoms with E-state index < -0.39 is 0 Å². The van der Waals surface area contributed by atoms with Crippen LogP contribution in [0.2, 0.25) is 0 Å². The second-order valence-electron chi connectivity index (χ2n) is 5.48. The van der Waals surface area contributed by atoms with Gasteiger partial charge in [-0.25, -0.2) is 0 Å². The Kier molecular flexibility index (Phi) is 9.80. The Morgan fingerprint density at radius 3 is 1.85 bits per heavy atom. The molecular weight excluding hydrogens is 332 g/mol. The molecule has 140 valence electrons. The van der Waals surface area contributed by atoms with Gasteiger partial charge in [-0.1, -0.05) is 24.3 Å². The molecule has 0 aliphatic rings. The highest BCUT2D eigenvalue weighted by molar-refractivity contribution is 5.39. The van der Waals surface area contributed by atoms with Crippen LogP contribution < -0.4 is 15.2 Å². The highest BCUT2D eigenvalue weighted by atomic mass is 16.5. The van der Waals surface area contributed by atoms with Crippen molar-refractivity contribution in [2.24, 2.45) is 5.73 Å². The summed E-state index contributed by atoms with van der Waals surface area (Å²) >= 11 is 0. The van der Waals surface area contributed by atoms with Crippen LogP contribution in [0.5, 0.6) is 11.5 Å².